The van der Waals surface area contributed by atoms with Crippen molar-refractivity contribution in [3.8, 4) is 5.82 Å². The predicted octanol–water partition coefficient (Wildman–Crippen LogP) is 0.426. The fourth-order valence-electron chi connectivity index (χ4n) is 2.10. The molecule has 9 nitrogen and oxygen atoms in total. The average molecular weight is 380 g/mol. The molecule has 0 fully saturated rings. The molecule has 0 spiro atoms. The van der Waals surface area contributed by atoms with E-state index in [2.05, 4.69) is 19.9 Å². The zero-order valence-corrected chi connectivity index (χ0v) is 15.0. The van der Waals surface area contributed by atoms with Crippen LogP contribution in [0.2, 0.25) is 0 Å². The Hall–Kier alpha value is -2.37. The van der Waals surface area contributed by atoms with E-state index in [1.807, 2.05) is 6.92 Å². The smallest absolute Gasteiger partial charge is 0.266 e. The normalized spacial score (nSPS) is 11.7. The first-order valence-electron chi connectivity index (χ1n) is 7.51. The molecule has 0 aliphatic rings. The molecule has 3 rings (SSSR count). The van der Waals surface area contributed by atoms with E-state index >= 15 is 0 Å². The van der Waals surface area contributed by atoms with Gasteiger partial charge in [-0.25, -0.2) is 27.5 Å². The molecular formula is C14H16N6O3S2. The summed E-state index contributed by atoms with van der Waals surface area (Å²) >= 11 is 1.24. The Morgan fingerprint density at radius 3 is 2.76 bits per heavy atom. The van der Waals surface area contributed by atoms with Crippen molar-refractivity contribution in [2.45, 2.75) is 24.1 Å². The number of sulfonamides is 1. The molecule has 0 aliphatic heterocycles. The fraction of sp³-hybridized carbons (Fsp3) is 0.286. The van der Waals surface area contributed by atoms with Gasteiger partial charge in [0.15, 0.2) is 5.82 Å². The monoisotopic (exact) mass is 380 g/mol. The summed E-state index contributed by atoms with van der Waals surface area (Å²) < 4.78 is 29.9. The van der Waals surface area contributed by atoms with Crippen LogP contribution in [0.3, 0.4) is 0 Å². The lowest BCUT2D eigenvalue weighted by atomic mass is 10.4. The molecule has 3 aromatic heterocycles. The van der Waals surface area contributed by atoms with Gasteiger partial charge in [-0.1, -0.05) is 6.92 Å². The minimum absolute atomic E-state index is 0.0510. The van der Waals surface area contributed by atoms with Gasteiger partial charge in [0.1, 0.15) is 16.9 Å². The molecule has 0 aromatic carbocycles. The van der Waals surface area contributed by atoms with Gasteiger partial charge in [-0.15, -0.1) is 16.4 Å². The van der Waals surface area contributed by atoms with Crippen LogP contribution in [0.25, 0.3) is 5.82 Å². The van der Waals surface area contributed by atoms with Crippen LogP contribution in [0.1, 0.15) is 11.8 Å². The van der Waals surface area contributed by atoms with Crippen LogP contribution in [0.15, 0.2) is 45.9 Å². The van der Waals surface area contributed by atoms with Crippen LogP contribution >= 0.6 is 11.3 Å². The quantitative estimate of drug-likeness (QED) is 0.636. The molecule has 11 heteroatoms. The molecule has 0 atom stereocenters. The van der Waals surface area contributed by atoms with Gasteiger partial charge in [-0.05, 0) is 24.6 Å². The van der Waals surface area contributed by atoms with Crippen molar-refractivity contribution in [3.63, 3.8) is 0 Å². The number of hydrogen-bond donors (Lipinski definition) is 1. The molecule has 3 aromatic rings. The number of hydrogen-bond acceptors (Lipinski definition) is 7. The van der Waals surface area contributed by atoms with E-state index in [9.17, 15) is 13.2 Å². The summed E-state index contributed by atoms with van der Waals surface area (Å²) in [4.78, 5) is 16.7. The number of nitrogens with one attached hydrogen (secondary N) is 1. The van der Waals surface area contributed by atoms with Crippen molar-refractivity contribution in [2.24, 2.45) is 0 Å². The standard InChI is InChI=1S/C14H16N6O3S2/c1-2-11-3-6-14(24-11)25(22,23)17-7-8-19-13(21)5-4-12(18-19)20-10-15-9-16-20/h3-6,9-10,17H,2,7-8H2,1H3. The zero-order valence-electron chi connectivity index (χ0n) is 13.4. The third kappa shape index (κ3) is 4.00. The number of aryl methyl sites for hydroxylation is 1. The lowest BCUT2D eigenvalue weighted by Crippen LogP contribution is -2.32. The van der Waals surface area contributed by atoms with Crippen molar-refractivity contribution in [1.82, 2.24) is 29.3 Å². The highest BCUT2D eigenvalue weighted by atomic mass is 32.2. The van der Waals surface area contributed by atoms with E-state index < -0.39 is 10.0 Å². The van der Waals surface area contributed by atoms with Crippen LogP contribution in [-0.2, 0) is 23.0 Å². The Morgan fingerprint density at radius 2 is 2.08 bits per heavy atom. The number of rotatable bonds is 7. The maximum absolute atomic E-state index is 12.3. The third-order valence-electron chi connectivity index (χ3n) is 3.37. The molecule has 0 amide bonds. The summed E-state index contributed by atoms with van der Waals surface area (Å²) in [5.74, 6) is 0.422. The minimum atomic E-state index is -3.59. The Balaban J connectivity index is 1.69. The van der Waals surface area contributed by atoms with Crippen molar-refractivity contribution < 1.29 is 8.42 Å². The van der Waals surface area contributed by atoms with Crippen molar-refractivity contribution >= 4 is 21.4 Å². The van der Waals surface area contributed by atoms with Gasteiger partial charge in [-0.2, -0.15) is 5.10 Å². The Labute approximate surface area is 148 Å². The number of nitrogens with zero attached hydrogens (tertiary/aromatic N) is 5. The van der Waals surface area contributed by atoms with E-state index in [-0.39, 0.29) is 22.9 Å². The molecule has 0 saturated carbocycles. The molecule has 132 valence electrons. The number of aromatic nitrogens is 5. The topological polar surface area (TPSA) is 112 Å². The SMILES string of the molecule is CCc1ccc(S(=O)(=O)NCCn2nc(-n3cncn3)ccc2=O)s1. The van der Waals surface area contributed by atoms with Crippen LogP contribution in [0.5, 0.6) is 0 Å². The lowest BCUT2D eigenvalue weighted by molar-refractivity contribution is 0.543. The van der Waals surface area contributed by atoms with Gasteiger partial charge >= 0.3 is 0 Å². The summed E-state index contributed by atoms with van der Waals surface area (Å²) in [6, 6.07) is 6.26. The molecule has 25 heavy (non-hydrogen) atoms. The molecule has 0 radical (unpaired) electrons. The maximum Gasteiger partial charge on any atom is 0.266 e. The van der Waals surface area contributed by atoms with Crippen molar-refractivity contribution in [1.29, 1.82) is 0 Å². The molecular weight excluding hydrogens is 364 g/mol. The first kappa shape index (κ1) is 17.5. The fourth-order valence-corrected chi connectivity index (χ4v) is 4.46. The van der Waals surface area contributed by atoms with Crippen molar-refractivity contribution in [2.75, 3.05) is 6.54 Å². The second-order valence-electron chi connectivity index (χ2n) is 5.07. The van der Waals surface area contributed by atoms with E-state index in [0.717, 1.165) is 11.3 Å². The van der Waals surface area contributed by atoms with Crippen LogP contribution in [-0.4, -0.2) is 39.5 Å². The maximum atomic E-state index is 12.3. The summed E-state index contributed by atoms with van der Waals surface area (Å²) in [7, 11) is -3.59. The van der Waals surface area contributed by atoms with E-state index in [0.29, 0.717) is 5.82 Å². The Morgan fingerprint density at radius 1 is 1.24 bits per heavy atom. The zero-order chi connectivity index (χ0) is 17.9. The largest absolute Gasteiger partial charge is 0.268 e. The van der Waals surface area contributed by atoms with Gasteiger partial charge in [0.05, 0.1) is 6.54 Å². The molecule has 0 saturated heterocycles. The summed E-state index contributed by atoms with van der Waals surface area (Å²) in [5, 5.41) is 8.10. The highest BCUT2D eigenvalue weighted by Crippen LogP contribution is 2.21. The summed E-state index contributed by atoms with van der Waals surface area (Å²) in [6.45, 7) is 2.12. The first-order chi connectivity index (χ1) is 12.0. The number of thiophene rings is 1. The molecule has 1 N–H and O–H groups in total. The van der Waals surface area contributed by atoms with Gasteiger partial charge in [0, 0.05) is 17.5 Å². The van der Waals surface area contributed by atoms with E-state index in [4.69, 9.17) is 0 Å². The second kappa shape index (κ2) is 7.25. The Kier molecular flexibility index (Phi) is 5.06. The lowest BCUT2D eigenvalue weighted by Gasteiger charge is -2.08. The second-order valence-corrected chi connectivity index (χ2v) is 8.23. The first-order valence-corrected chi connectivity index (χ1v) is 9.81. The van der Waals surface area contributed by atoms with E-state index in [1.54, 1.807) is 12.1 Å². The van der Waals surface area contributed by atoms with Crippen LogP contribution in [0, 0.1) is 0 Å². The molecule has 0 aliphatic carbocycles. The van der Waals surface area contributed by atoms with Gasteiger partial charge in [0.25, 0.3) is 5.56 Å². The summed E-state index contributed by atoms with van der Waals surface area (Å²) in [5.41, 5.74) is -0.326. The van der Waals surface area contributed by atoms with Gasteiger partial charge in [-0.3, -0.25) is 4.79 Å². The highest BCUT2D eigenvalue weighted by Gasteiger charge is 2.16. The Bertz CT molecular complexity index is 1010. The predicted molar refractivity (Wildman–Crippen MR) is 92.3 cm³/mol. The highest BCUT2D eigenvalue weighted by molar-refractivity contribution is 7.91. The van der Waals surface area contributed by atoms with Crippen LogP contribution in [0.4, 0.5) is 0 Å². The molecule has 3 heterocycles. The van der Waals surface area contributed by atoms with Gasteiger partial charge in [0.2, 0.25) is 10.0 Å². The third-order valence-corrected chi connectivity index (χ3v) is 6.55. The minimum Gasteiger partial charge on any atom is -0.268 e. The average Bonchev–Trinajstić information content (AvgIpc) is 3.28. The summed E-state index contributed by atoms with van der Waals surface area (Å²) in [6.07, 6.45) is 3.60. The van der Waals surface area contributed by atoms with Crippen LogP contribution < -0.4 is 10.3 Å². The van der Waals surface area contributed by atoms with Crippen molar-refractivity contribution in [3.05, 3.63) is 52.2 Å². The van der Waals surface area contributed by atoms with Gasteiger partial charge < -0.3 is 0 Å². The van der Waals surface area contributed by atoms with E-state index in [1.165, 1.54) is 45.5 Å². The molecule has 0 unspecified atom stereocenters. The molecule has 0 bridgehead atoms.